The van der Waals surface area contributed by atoms with Crippen LogP contribution in [0.25, 0.3) is 11.0 Å². The maximum Gasteiger partial charge on any atom is 0.203 e. The molecule has 0 saturated carbocycles. The van der Waals surface area contributed by atoms with E-state index in [1.165, 1.54) is 0 Å². The third-order valence-corrected chi connectivity index (χ3v) is 5.33. The fourth-order valence-corrected chi connectivity index (χ4v) is 3.65. The summed E-state index contributed by atoms with van der Waals surface area (Å²) < 4.78 is 9.66. The summed E-state index contributed by atoms with van der Waals surface area (Å²) in [7, 11) is 0. The average molecular weight is 397 g/mol. The first-order chi connectivity index (χ1) is 14.0. The fourth-order valence-electron chi connectivity index (χ4n) is 3.65. The largest absolute Gasteiger partial charge is 0.491 e. The SMILES string of the molecule is CCN(CC)CCn1c(=N)n(C[C@@H](O)COc2cccc(C)c2)c2ccccc21. The Morgan fingerprint density at radius 3 is 2.38 bits per heavy atom. The van der Waals surface area contributed by atoms with Gasteiger partial charge in [-0.05, 0) is 49.8 Å². The summed E-state index contributed by atoms with van der Waals surface area (Å²) in [6.45, 7) is 10.5. The molecular formula is C23H32N4O2. The van der Waals surface area contributed by atoms with Crippen LogP contribution in [-0.4, -0.2) is 51.5 Å². The van der Waals surface area contributed by atoms with Crippen molar-refractivity contribution in [2.24, 2.45) is 0 Å². The Morgan fingerprint density at radius 2 is 1.72 bits per heavy atom. The highest BCUT2D eigenvalue weighted by Gasteiger charge is 2.15. The highest BCUT2D eigenvalue weighted by atomic mass is 16.5. The van der Waals surface area contributed by atoms with Gasteiger partial charge in [-0.1, -0.05) is 38.1 Å². The molecule has 0 fully saturated rings. The number of fused-ring (bicyclic) bond motifs is 1. The molecule has 0 aliphatic carbocycles. The number of likely N-dealkylation sites (N-methyl/N-ethyl adjacent to an activating group) is 1. The normalized spacial score (nSPS) is 12.6. The van der Waals surface area contributed by atoms with E-state index in [0.29, 0.717) is 12.2 Å². The zero-order valence-electron chi connectivity index (χ0n) is 17.6. The minimum atomic E-state index is -0.702. The Labute approximate surface area is 172 Å². The molecule has 1 aromatic heterocycles. The molecule has 0 bridgehead atoms. The van der Waals surface area contributed by atoms with Crippen molar-refractivity contribution in [1.82, 2.24) is 14.0 Å². The van der Waals surface area contributed by atoms with Gasteiger partial charge in [-0.3, -0.25) is 5.41 Å². The lowest BCUT2D eigenvalue weighted by molar-refractivity contribution is 0.0920. The number of aryl methyl sites for hydroxylation is 1. The molecule has 3 rings (SSSR count). The van der Waals surface area contributed by atoms with E-state index in [4.69, 9.17) is 10.1 Å². The molecule has 29 heavy (non-hydrogen) atoms. The minimum absolute atomic E-state index is 0.189. The summed E-state index contributed by atoms with van der Waals surface area (Å²) in [6, 6.07) is 15.8. The van der Waals surface area contributed by atoms with Crippen LogP contribution in [0, 0.1) is 12.3 Å². The lowest BCUT2D eigenvalue weighted by Crippen LogP contribution is -2.34. The van der Waals surface area contributed by atoms with Crippen LogP contribution in [0.4, 0.5) is 0 Å². The Morgan fingerprint density at radius 1 is 1.03 bits per heavy atom. The summed E-state index contributed by atoms with van der Waals surface area (Å²) in [5, 5.41) is 19.3. The summed E-state index contributed by atoms with van der Waals surface area (Å²) in [5.41, 5.74) is 3.52. The van der Waals surface area contributed by atoms with E-state index in [1.807, 2.05) is 64.6 Å². The molecule has 6 heteroatoms. The van der Waals surface area contributed by atoms with Gasteiger partial charge >= 0.3 is 0 Å². The van der Waals surface area contributed by atoms with Crippen LogP contribution in [0.3, 0.4) is 0 Å². The third kappa shape index (κ3) is 5.08. The lowest BCUT2D eigenvalue weighted by atomic mass is 10.2. The van der Waals surface area contributed by atoms with Crippen LogP contribution < -0.4 is 10.4 Å². The van der Waals surface area contributed by atoms with Crippen molar-refractivity contribution in [1.29, 1.82) is 5.41 Å². The molecule has 0 saturated heterocycles. The van der Waals surface area contributed by atoms with E-state index < -0.39 is 6.10 Å². The van der Waals surface area contributed by atoms with Crippen molar-refractivity contribution in [3.05, 3.63) is 59.7 Å². The van der Waals surface area contributed by atoms with Crippen molar-refractivity contribution >= 4 is 11.0 Å². The zero-order chi connectivity index (χ0) is 20.8. The number of imidazole rings is 1. The quantitative estimate of drug-likeness (QED) is 0.554. The summed E-state index contributed by atoms with van der Waals surface area (Å²) >= 11 is 0. The van der Waals surface area contributed by atoms with Crippen molar-refractivity contribution < 1.29 is 9.84 Å². The fraction of sp³-hybridized carbons (Fsp3) is 0.435. The molecule has 1 heterocycles. The number of hydrogen-bond donors (Lipinski definition) is 2. The molecule has 6 nitrogen and oxygen atoms in total. The molecule has 0 unspecified atom stereocenters. The van der Waals surface area contributed by atoms with Crippen molar-refractivity contribution in [2.75, 3.05) is 26.2 Å². The first-order valence-corrected chi connectivity index (χ1v) is 10.4. The van der Waals surface area contributed by atoms with E-state index in [1.54, 1.807) is 0 Å². The topological polar surface area (TPSA) is 66.4 Å². The predicted molar refractivity (Wildman–Crippen MR) is 116 cm³/mol. The van der Waals surface area contributed by atoms with E-state index in [9.17, 15) is 5.11 Å². The summed E-state index contributed by atoms with van der Waals surface area (Å²) in [6.07, 6.45) is -0.702. The highest BCUT2D eigenvalue weighted by Crippen LogP contribution is 2.15. The van der Waals surface area contributed by atoms with Gasteiger partial charge in [0.25, 0.3) is 0 Å². The van der Waals surface area contributed by atoms with Gasteiger partial charge in [-0.15, -0.1) is 0 Å². The van der Waals surface area contributed by atoms with Crippen LogP contribution in [0.1, 0.15) is 19.4 Å². The molecule has 0 aliphatic rings. The maximum absolute atomic E-state index is 10.6. The van der Waals surface area contributed by atoms with Crippen LogP contribution >= 0.6 is 0 Å². The third-order valence-electron chi connectivity index (χ3n) is 5.33. The van der Waals surface area contributed by atoms with E-state index in [0.717, 1.165) is 48.5 Å². The molecule has 0 spiro atoms. The Hall–Kier alpha value is -2.57. The second kappa shape index (κ2) is 9.76. The number of benzene rings is 2. The second-order valence-corrected chi connectivity index (χ2v) is 7.38. The number of nitrogens with one attached hydrogen (secondary N) is 1. The van der Waals surface area contributed by atoms with Gasteiger partial charge in [0.2, 0.25) is 5.62 Å². The van der Waals surface area contributed by atoms with Crippen molar-refractivity contribution in [2.45, 2.75) is 40.0 Å². The van der Waals surface area contributed by atoms with E-state index in [-0.39, 0.29) is 6.61 Å². The number of ether oxygens (including phenoxy) is 1. The summed E-state index contributed by atoms with van der Waals surface area (Å²) in [5.74, 6) is 0.752. The van der Waals surface area contributed by atoms with Crippen LogP contribution in [0.5, 0.6) is 5.75 Å². The van der Waals surface area contributed by atoms with Crippen LogP contribution in [-0.2, 0) is 13.1 Å². The number of nitrogens with zero attached hydrogens (tertiary/aromatic N) is 3. The second-order valence-electron chi connectivity index (χ2n) is 7.38. The maximum atomic E-state index is 10.6. The lowest BCUT2D eigenvalue weighted by Gasteiger charge is -2.18. The van der Waals surface area contributed by atoms with Gasteiger partial charge in [-0.25, -0.2) is 0 Å². The molecular weight excluding hydrogens is 364 g/mol. The Bertz CT molecular complexity index is 988. The molecule has 0 radical (unpaired) electrons. The number of aromatic nitrogens is 2. The zero-order valence-corrected chi connectivity index (χ0v) is 17.6. The molecule has 1 atom stereocenters. The smallest absolute Gasteiger partial charge is 0.203 e. The number of para-hydroxylation sites is 2. The highest BCUT2D eigenvalue weighted by molar-refractivity contribution is 5.75. The monoisotopic (exact) mass is 396 g/mol. The number of aliphatic hydroxyl groups is 1. The van der Waals surface area contributed by atoms with E-state index in [2.05, 4.69) is 18.7 Å². The van der Waals surface area contributed by atoms with Gasteiger partial charge in [0.15, 0.2) is 0 Å². The first kappa shape index (κ1) is 21.1. The van der Waals surface area contributed by atoms with Crippen molar-refractivity contribution in [3.63, 3.8) is 0 Å². The molecule has 0 aliphatic heterocycles. The van der Waals surface area contributed by atoms with Crippen LogP contribution in [0.2, 0.25) is 0 Å². The Kier molecular flexibility index (Phi) is 7.12. The predicted octanol–water partition coefficient (Wildman–Crippen LogP) is 3.01. The molecule has 0 amide bonds. The van der Waals surface area contributed by atoms with E-state index >= 15 is 0 Å². The Balaban J connectivity index is 1.76. The number of aliphatic hydroxyl groups excluding tert-OH is 1. The number of hydrogen-bond acceptors (Lipinski definition) is 4. The number of rotatable bonds is 10. The summed E-state index contributed by atoms with van der Waals surface area (Å²) in [4.78, 5) is 2.35. The molecule has 2 aromatic carbocycles. The average Bonchev–Trinajstić information content (AvgIpc) is 2.99. The van der Waals surface area contributed by atoms with Gasteiger partial charge in [0.05, 0.1) is 17.6 Å². The van der Waals surface area contributed by atoms with Crippen LogP contribution in [0.15, 0.2) is 48.5 Å². The van der Waals surface area contributed by atoms with Gasteiger partial charge < -0.3 is 23.9 Å². The molecule has 3 aromatic rings. The molecule has 156 valence electrons. The first-order valence-electron chi connectivity index (χ1n) is 10.4. The van der Waals surface area contributed by atoms with Gasteiger partial charge in [0, 0.05) is 13.1 Å². The molecule has 2 N–H and O–H groups in total. The standard InChI is InChI=1S/C23H32N4O2/c1-4-25(5-2)13-14-26-21-11-6-7-12-22(21)27(23(26)24)16-19(28)17-29-20-10-8-9-18(3)15-20/h6-12,15,19,24,28H,4-5,13-14,16-17H2,1-3H3/t19-/m1/s1. The minimum Gasteiger partial charge on any atom is -0.491 e. The van der Waals surface area contributed by atoms with Gasteiger partial charge in [-0.2, -0.15) is 0 Å². The van der Waals surface area contributed by atoms with Gasteiger partial charge in [0.1, 0.15) is 18.5 Å². The van der Waals surface area contributed by atoms with Crippen molar-refractivity contribution in [3.8, 4) is 5.75 Å².